The van der Waals surface area contributed by atoms with Crippen molar-refractivity contribution < 1.29 is 0 Å². The zero-order chi connectivity index (χ0) is 14.2. The van der Waals surface area contributed by atoms with Crippen LogP contribution in [-0.4, -0.2) is 17.1 Å². The van der Waals surface area contributed by atoms with Gasteiger partial charge in [0.2, 0.25) is 0 Å². The zero-order valence-corrected chi connectivity index (χ0v) is 12.6. The van der Waals surface area contributed by atoms with Gasteiger partial charge in [-0.05, 0) is 0 Å². The van der Waals surface area contributed by atoms with Crippen LogP contribution >= 0.6 is 15.9 Å². The molecule has 0 fully saturated rings. The second kappa shape index (κ2) is 7.62. The van der Waals surface area contributed by atoms with Gasteiger partial charge in [0.15, 0.2) is 0 Å². The third-order valence-corrected chi connectivity index (χ3v) is 3.66. The van der Waals surface area contributed by atoms with E-state index in [4.69, 9.17) is 10.3 Å². The molecule has 2 rings (SSSR count). The predicted molar refractivity (Wildman–Crippen MR) is 86.3 cm³/mol. The maximum absolute atomic E-state index is 8.88. The predicted octanol–water partition coefficient (Wildman–Crippen LogP) is 4.20. The molecule has 0 spiro atoms. The molecule has 0 bridgehead atoms. The number of nitriles is 1. The SMILES string of the molecule is N#CCC(CBr)N=C(c1ccccc1)c1ccccc1. The first-order valence-electron chi connectivity index (χ1n) is 6.46. The fourth-order valence-electron chi connectivity index (χ4n) is 1.93. The maximum Gasteiger partial charge on any atom is 0.0733 e. The number of rotatable bonds is 5. The molecule has 0 aliphatic rings. The fourth-order valence-corrected chi connectivity index (χ4v) is 2.30. The highest BCUT2D eigenvalue weighted by molar-refractivity contribution is 9.09. The van der Waals surface area contributed by atoms with Crippen LogP contribution < -0.4 is 0 Å². The summed E-state index contributed by atoms with van der Waals surface area (Å²) in [6.45, 7) is 0. The Hall–Kier alpha value is -1.92. The van der Waals surface area contributed by atoms with E-state index in [0.717, 1.165) is 16.8 Å². The third kappa shape index (κ3) is 3.79. The Morgan fingerprint density at radius 1 is 1.00 bits per heavy atom. The standard InChI is InChI=1S/C17H15BrN2/c18-13-16(11-12-19)20-17(14-7-3-1-4-8-14)15-9-5-2-6-10-15/h1-10,16H,11,13H2. The summed E-state index contributed by atoms with van der Waals surface area (Å²) in [4.78, 5) is 4.77. The van der Waals surface area contributed by atoms with E-state index >= 15 is 0 Å². The van der Waals surface area contributed by atoms with Crippen molar-refractivity contribution in [3.8, 4) is 6.07 Å². The van der Waals surface area contributed by atoms with Crippen molar-refractivity contribution in [2.75, 3.05) is 5.33 Å². The van der Waals surface area contributed by atoms with E-state index in [1.807, 2.05) is 60.7 Å². The lowest BCUT2D eigenvalue weighted by Crippen LogP contribution is -2.12. The molecular formula is C17H15BrN2. The Kier molecular flexibility index (Phi) is 5.52. The Morgan fingerprint density at radius 2 is 1.50 bits per heavy atom. The molecule has 0 saturated carbocycles. The highest BCUT2D eigenvalue weighted by Gasteiger charge is 2.10. The van der Waals surface area contributed by atoms with Crippen molar-refractivity contribution in [3.63, 3.8) is 0 Å². The molecule has 0 aliphatic heterocycles. The highest BCUT2D eigenvalue weighted by atomic mass is 79.9. The van der Waals surface area contributed by atoms with E-state index in [9.17, 15) is 0 Å². The van der Waals surface area contributed by atoms with Gasteiger partial charge < -0.3 is 0 Å². The lowest BCUT2D eigenvalue weighted by atomic mass is 10.0. The van der Waals surface area contributed by atoms with Crippen molar-refractivity contribution >= 4 is 21.6 Å². The van der Waals surface area contributed by atoms with Crippen LogP contribution in [0.25, 0.3) is 0 Å². The summed E-state index contributed by atoms with van der Waals surface area (Å²) in [7, 11) is 0. The van der Waals surface area contributed by atoms with Crippen LogP contribution in [0.2, 0.25) is 0 Å². The molecule has 1 atom stereocenters. The lowest BCUT2D eigenvalue weighted by molar-refractivity contribution is 0.784. The first-order chi connectivity index (χ1) is 9.85. The molecule has 0 radical (unpaired) electrons. The smallest absolute Gasteiger partial charge is 0.0733 e. The monoisotopic (exact) mass is 326 g/mol. The summed E-state index contributed by atoms with van der Waals surface area (Å²) in [5.41, 5.74) is 3.08. The second-order valence-corrected chi connectivity index (χ2v) is 5.03. The van der Waals surface area contributed by atoms with Gasteiger partial charge in [-0.3, -0.25) is 4.99 Å². The average molecular weight is 327 g/mol. The molecule has 3 heteroatoms. The van der Waals surface area contributed by atoms with E-state index in [1.54, 1.807) is 0 Å². The Bertz CT molecular complexity index is 558. The van der Waals surface area contributed by atoms with E-state index in [-0.39, 0.29) is 6.04 Å². The van der Waals surface area contributed by atoms with Crippen molar-refractivity contribution in [1.29, 1.82) is 5.26 Å². The van der Waals surface area contributed by atoms with E-state index in [1.165, 1.54) is 0 Å². The van der Waals surface area contributed by atoms with Crippen LogP contribution in [0, 0.1) is 11.3 Å². The Morgan fingerprint density at radius 3 is 1.90 bits per heavy atom. The molecule has 20 heavy (non-hydrogen) atoms. The molecular weight excluding hydrogens is 312 g/mol. The molecule has 100 valence electrons. The summed E-state index contributed by atoms with van der Waals surface area (Å²) < 4.78 is 0. The van der Waals surface area contributed by atoms with E-state index in [2.05, 4.69) is 22.0 Å². The Labute approximate surface area is 127 Å². The number of nitrogens with zero attached hydrogens (tertiary/aromatic N) is 2. The van der Waals surface area contributed by atoms with Gasteiger partial charge in [0, 0.05) is 16.5 Å². The first kappa shape index (κ1) is 14.5. The minimum absolute atomic E-state index is 0.0320. The summed E-state index contributed by atoms with van der Waals surface area (Å²) in [6.07, 6.45) is 0.411. The molecule has 2 aromatic carbocycles. The number of hydrogen-bond donors (Lipinski definition) is 0. The first-order valence-corrected chi connectivity index (χ1v) is 7.59. The number of alkyl halides is 1. The summed E-state index contributed by atoms with van der Waals surface area (Å²) in [5.74, 6) is 0. The topological polar surface area (TPSA) is 36.1 Å². The van der Waals surface area contributed by atoms with Crippen molar-refractivity contribution in [2.24, 2.45) is 4.99 Å². The second-order valence-electron chi connectivity index (χ2n) is 4.38. The Balaban J connectivity index is 2.45. The van der Waals surface area contributed by atoms with Gasteiger partial charge in [-0.15, -0.1) is 0 Å². The number of hydrogen-bond acceptors (Lipinski definition) is 2. The van der Waals surface area contributed by atoms with Gasteiger partial charge in [-0.1, -0.05) is 76.6 Å². The largest absolute Gasteiger partial charge is 0.279 e. The molecule has 0 amide bonds. The van der Waals surface area contributed by atoms with Crippen LogP contribution in [0.1, 0.15) is 17.5 Å². The van der Waals surface area contributed by atoms with Crippen molar-refractivity contribution in [3.05, 3.63) is 71.8 Å². The summed E-state index contributed by atoms with van der Waals surface area (Å²) in [6, 6.07) is 22.3. The lowest BCUT2D eigenvalue weighted by Gasteiger charge is -2.11. The van der Waals surface area contributed by atoms with Gasteiger partial charge in [0.05, 0.1) is 24.2 Å². The number of halogens is 1. The molecule has 1 unspecified atom stereocenters. The van der Waals surface area contributed by atoms with Gasteiger partial charge in [-0.2, -0.15) is 5.26 Å². The van der Waals surface area contributed by atoms with Gasteiger partial charge >= 0.3 is 0 Å². The van der Waals surface area contributed by atoms with E-state index < -0.39 is 0 Å². The molecule has 2 aromatic rings. The summed E-state index contributed by atoms with van der Waals surface area (Å²) >= 11 is 3.43. The van der Waals surface area contributed by atoms with Crippen LogP contribution in [0.3, 0.4) is 0 Å². The molecule has 0 aromatic heterocycles. The summed E-state index contributed by atoms with van der Waals surface area (Å²) in [5, 5.41) is 9.57. The third-order valence-electron chi connectivity index (χ3n) is 2.91. The van der Waals surface area contributed by atoms with Crippen molar-refractivity contribution in [2.45, 2.75) is 12.5 Å². The van der Waals surface area contributed by atoms with Crippen molar-refractivity contribution in [1.82, 2.24) is 0 Å². The van der Waals surface area contributed by atoms with Crippen LogP contribution in [0.5, 0.6) is 0 Å². The fraction of sp³-hybridized carbons (Fsp3) is 0.176. The average Bonchev–Trinajstić information content (AvgIpc) is 2.53. The molecule has 2 nitrogen and oxygen atoms in total. The van der Waals surface area contributed by atoms with Gasteiger partial charge in [0.1, 0.15) is 0 Å². The number of aliphatic imine (C=N–C) groups is 1. The normalized spacial score (nSPS) is 11.4. The molecule has 0 saturated heterocycles. The molecule has 0 aliphatic carbocycles. The van der Waals surface area contributed by atoms with Crippen LogP contribution in [0.15, 0.2) is 65.7 Å². The highest BCUT2D eigenvalue weighted by Crippen LogP contribution is 2.14. The molecule has 0 N–H and O–H groups in total. The van der Waals surface area contributed by atoms with Gasteiger partial charge in [-0.25, -0.2) is 0 Å². The van der Waals surface area contributed by atoms with Crippen LogP contribution in [-0.2, 0) is 0 Å². The minimum Gasteiger partial charge on any atom is -0.279 e. The minimum atomic E-state index is -0.0320. The molecule has 0 heterocycles. The zero-order valence-electron chi connectivity index (χ0n) is 11.0. The van der Waals surface area contributed by atoms with Gasteiger partial charge in [0.25, 0.3) is 0 Å². The quantitative estimate of drug-likeness (QED) is 0.599. The van der Waals surface area contributed by atoms with Crippen LogP contribution in [0.4, 0.5) is 0 Å². The maximum atomic E-state index is 8.88. The van der Waals surface area contributed by atoms with E-state index in [0.29, 0.717) is 11.8 Å². The number of benzene rings is 2.